The summed E-state index contributed by atoms with van der Waals surface area (Å²) >= 11 is 1.34. The van der Waals surface area contributed by atoms with Crippen LogP contribution in [0, 0.1) is 0 Å². The molecule has 1 aliphatic heterocycles. The largest absolute Gasteiger partial charge is 0.448 e. The van der Waals surface area contributed by atoms with Crippen LogP contribution in [-0.2, 0) is 11.2 Å². The number of ether oxygens (including phenoxy) is 2. The summed E-state index contributed by atoms with van der Waals surface area (Å²) in [5.74, 6) is 0.261. The lowest BCUT2D eigenvalue weighted by molar-refractivity contribution is -0.118. The predicted octanol–water partition coefficient (Wildman–Crippen LogP) is 4.77. The molecule has 2 N–H and O–H groups in total. The lowest BCUT2D eigenvalue weighted by Crippen LogP contribution is -2.45. The van der Waals surface area contributed by atoms with Crippen molar-refractivity contribution in [3.05, 3.63) is 76.5 Å². The number of nitrogens with one attached hydrogen (secondary N) is 2. The number of carbonyl (C=O) groups is 2. The first-order valence-electron chi connectivity index (χ1n) is 10.8. The average molecular weight is 449 g/mol. The maximum atomic E-state index is 13.2. The van der Waals surface area contributed by atoms with Crippen molar-refractivity contribution in [2.45, 2.75) is 43.9 Å². The van der Waals surface area contributed by atoms with Crippen molar-refractivity contribution in [1.29, 1.82) is 0 Å². The second-order valence-electron chi connectivity index (χ2n) is 8.17. The molecule has 0 radical (unpaired) electrons. The summed E-state index contributed by atoms with van der Waals surface area (Å²) in [5.41, 5.74) is 1.57. The van der Waals surface area contributed by atoms with E-state index < -0.39 is 11.8 Å². The molecule has 2 heterocycles. The second kappa shape index (κ2) is 8.67. The van der Waals surface area contributed by atoms with Crippen molar-refractivity contribution in [2.24, 2.45) is 0 Å². The van der Waals surface area contributed by atoms with Gasteiger partial charge in [-0.3, -0.25) is 9.59 Å². The van der Waals surface area contributed by atoms with Gasteiger partial charge in [0, 0.05) is 31.0 Å². The molecule has 6 nitrogen and oxygen atoms in total. The summed E-state index contributed by atoms with van der Waals surface area (Å²) in [6.07, 6.45) is 4.30. The molecule has 1 aromatic heterocycles. The van der Waals surface area contributed by atoms with Crippen molar-refractivity contribution in [3.8, 4) is 11.5 Å². The highest BCUT2D eigenvalue weighted by Gasteiger charge is 2.44. The zero-order valence-corrected chi connectivity index (χ0v) is 18.3. The zero-order valence-electron chi connectivity index (χ0n) is 17.5. The van der Waals surface area contributed by atoms with Gasteiger partial charge >= 0.3 is 0 Å². The van der Waals surface area contributed by atoms with E-state index in [4.69, 9.17) is 9.47 Å². The first-order chi connectivity index (χ1) is 15.6. The van der Waals surface area contributed by atoms with Crippen molar-refractivity contribution in [2.75, 3.05) is 5.32 Å². The second-order valence-corrected chi connectivity index (χ2v) is 9.11. The summed E-state index contributed by atoms with van der Waals surface area (Å²) in [6, 6.07) is 17.9. The van der Waals surface area contributed by atoms with Crippen molar-refractivity contribution in [1.82, 2.24) is 5.32 Å². The van der Waals surface area contributed by atoms with Crippen LogP contribution in [0.25, 0.3) is 0 Å². The van der Waals surface area contributed by atoms with Gasteiger partial charge in [0.1, 0.15) is 6.04 Å². The Hall–Kier alpha value is -3.32. The van der Waals surface area contributed by atoms with E-state index in [0.29, 0.717) is 28.5 Å². The lowest BCUT2D eigenvalue weighted by Gasteiger charge is -2.21. The fourth-order valence-electron chi connectivity index (χ4n) is 4.21. The van der Waals surface area contributed by atoms with Crippen molar-refractivity contribution in [3.63, 3.8) is 0 Å². The van der Waals surface area contributed by atoms with Gasteiger partial charge in [-0.1, -0.05) is 36.4 Å². The third kappa shape index (κ3) is 4.34. The standard InChI is InChI=1S/C25H24N2O4S/c28-23(26-18-10-11-20-21(16-18)31-25(30-20)12-4-5-13-25)19(15-17-7-2-1-3-8-17)27-24(29)22-9-6-14-32-22/h1-3,6-11,14,16,19H,4-5,12-13,15H2,(H,26,28)(H,27,29)/t19-/m1/s1. The number of anilines is 1. The molecule has 0 unspecified atom stereocenters. The van der Waals surface area contributed by atoms with E-state index in [0.717, 1.165) is 31.2 Å². The van der Waals surface area contributed by atoms with Gasteiger partial charge in [0.2, 0.25) is 5.91 Å². The van der Waals surface area contributed by atoms with E-state index in [2.05, 4.69) is 10.6 Å². The van der Waals surface area contributed by atoms with Crippen LogP contribution >= 0.6 is 11.3 Å². The monoisotopic (exact) mass is 448 g/mol. The molecule has 3 aromatic rings. The number of fused-ring (bicyclic) bond motifs is 1. The van der Waals surface area contributed by atoms with Gasteiger partial charge in [-0.25, -0.2) is 0 Å². The summed E-state index contributed by atoms with van der Waals surface area (Å²) < 4.78 is 12.2. The number of carbonyl (C=O) groups excluding carboxylic acids is 2. The van der Waals surface area contributed by atoms with Crippen LogP contribution in [-0.4, -0.2) is 23.6 Å². The molecule has 1 atom stereocenters. The number of benzene rings is 2. The van der Waals surface area contributed by atoms with E-state index in [9.17, 15) is 9.59 Å². The topological polar surface area (TPSA) is 76.7 Å². The molecule has 164 valence electrons. The Bertz CT molecular complexity index is 1110. The average Bonchev–Trinajstić information content (AvgIpc) is 3.55. The molecular weight excluding hydrogens is 424 g/mol. The molecule has 5 rings (SSSR count). The number of rotatable bonds is 6. The molecule has 1 spiro atoms. The third-order valence-electron chi connectivity index (χ3n) is 5.82. The summed E-state index contributed by atoms with van der Waals surface area (Å²) in [4.78, 5) is 26.4. The van der Waals surface area contributed by atoms with Crippen LogP contribution in [0.3, 0.4) is 0 Å². The number of amides is 2. The van der Waals surface area contributed by atoms with Gasteiger partial charge in [0.05, 0.1) is 4.88 Å². The van der Waals surface area contributed by atoms with Crippen molar-refractivity contribution >= 4 is 28.8 Å². The molecule has 1 saturated carbocycles. The fraction of sp³-hybridized carbons (Fsp3) is 0.280. The highest BCUT2D eigenvalue weighted by molar-refractivity contribution is 7.12. The van der Waals surface area contributed by atoms with Gasteiger partial charge in [-0.15, -0.1) is 11.3 Å². The minimum Gasteiger partial charge on any atom is -0.448 e. The highest BCUT2D eigenvalue weighted by atomic mass is 32.1. The van der Waals surface area contributed by atoms with Crippen molar-refractivity contribution < 1.29 is 19.1 Å². The Kier molecular flexibility index (Phi) is 5.57. The Morgan fingerprint density at radius 2 is 1.75 bits per heavy atom. The molecule has 1 aliphatic carbocycles. The number of hydrogen-bond donors (Lipinski definition) is 2. The van der Waals surface area contributed by atoms with Crippen LogP contribution < -0.4 is 20.1 Å². The van der Waals surface area contributed by atoms with Crippen LogP contribution in [0.15, 0.2) is 66.0 Å². The minimum atomic E-state index is -0.724. The van der Waals surface area contributed by atoms with Gasteiger partial charge in [0.15, 0.2) is 11.5 Å². The molecule has 0 bridgehead atoms. The number of thiophene rings is 1. The molecule has 32 heavy (non-hydrogen) atoms. The summed E-state index contributed by atoms with van der Waals surface area (Å²) in [6.45, 7) is 0. The third-order valence-corrected chi connectivity index (χ3v) is 6.69. The summed E-state index contributed by atoms with van der Waals surface area (Å²) in [5, 5.41) is 7.66. The Balaban J connectivity index is 1.32. The van der Waals surface area contributed by atoms with E-state index in [-0.39, 0.29) is 11.8 Å². The zero-order chi connectivity index (χ0) is 22.0. The molecule has 2 amide bonds. The van der Waals surface area contributed by atoms with E-state index in [1.54, 1.807) is 18.2 Å². The lowest BCUT2D eigenvalue weighted by atomic mass is 10.0. The summed E-state index contributed by atoms with van der Waals surface area (Å²) in [7, 11) is 0. The van der Waals surface area contributed by atoms with Gasteiger partial charge in [-0.05, 0) is 42.0 Å². The molecule has 0 saturated heterocycles. The molecule has 2 aromatic carbocycles. The Labute approximate surface area is 190 Å². The van der Waals surface area contributed by atoms with Gasteiger partial charge in [0.25, 0.3) is 11.7 Å². The van der Waals surface area contributed by atoms with Crippen LogP contribution in [0.4, 0.5) is 5.69 Å². The van der Waals surface area contributed by atoms with E-state index in [1.807, 2.05) is 47.8 Å². The van der Waals surface area contributed by atoms with Gasteiger partial charge < -0.3 is 20.1 Å². The first kappa shape index (κ1) is 20.6. The first-order valence-corrected chi connectivity index (χ1v) is 11.7. The van der Waals surface area contributed by atoms with Crippen LogP contribution in [0.2, 0.25) is 0 Å². The highest BCUT2D eigenvalue weighted by Crippen LogP contribution is 2.47. The maximum absolute atomic E-state index is 13.2. The van der Waals surface area contributed by atoms with E-state index in [1.165, 1.54) is 11.3 Å². The quantitative estimate of drug-likeness (QED) is 0.570. The Morgan fingerprint density at radius 3 is 2.50 bits per heavy atom. The smallest absolute Gasteiger partial charge is 0.262 e. The molecule has 7 heteroatoms. The van der Waals surface area contributed by atoms with E-state index >= 15 is 0 Å². The molecule has 1 fully saturated rings. The number of hydrogen-bond acceptors (Lipinski definition) is 5. The molecular formula is C25H24N2O4S. The maximum Gasteiger partial charge on any atom is 0.262 e. The van der Waals surface area contributed by atoms with Crippen LogP contribution in [0.1, 0.15) is 40.9 Å². The normalized spacial score (nSPS) is 16.6. The minimum absolute atomic E-state index is 0.259. The fourth-order valence-corrected chi connectivity index (χ4v) is 4.84. The predicted molar refractivity (Wildman–Crippen MR) is 123 cm³/mol. The van der Waals surface area contributed by atoms with Crippen LogP contribution in [0.5, 0.6) is 11.5 Å². The van der Waals surface area contributed by atoms with Gasteiger partial charge in [-0.2, -0.15) is 0 Å². The molecule has 2 aliphatic rings. The SMILES string of the molecule is O=C(N[C@H](Cc1ccccc1)C(=O)Nc1ccc2c(c1)OC1(CCCC1)O2)c1cccs1. The Morgan fingerprint density at radius 1 is 0.969 bits per heavy atom.